The van der Waals surface area contributed by atoms with E-state index < -0.39 is 11.7 Å². The third-order valence-corrected chi connectivity index (χ3v) is 4.68. The van der Waals surface area contributed by atoms with Gasteiger partial charge in [0.1, 0.15) is 3.70 Å². The van der Waals surface area contributed by atoms with E-state index in [0.717, 1.165) is 25.3 Å². The summed E-state index contributed by atoms with van der Waals surface area (Å²) in [6.45, 7) is 0.614. The molecule has 3 nitrogen and oxygen atoms in total. The molecule has 0 radical (unpaired) electrons. The predicted octanol–water partition coefficient (Wildman–Crippen LogP) is 5.12. The van der Waals surface area contributed by atoms with Crippen molar-refractivity contribution in [2.24, 2.45) is 0 Å². The Morgan fingerprint density at radius 3 is 2.71 bits per heavy atom. The largest absolute Gasteiger partial charge is 0.417 e. The van der Waals surface area contributed by atoms with Crippen LogP contribution in [0.4, 0.5) is 13.2 Å². The molecule has 1 aliphatic rings. The molecule has 1 atom stereocenters. The highest BCUT2D eigenvalue weighted by molar-refractivity contribution is 14.1. The minimum absolute atomic E-state index is 0.139. The lowest BCUT2D eigenvalue weighted by atomic mass is 10.1. The lowest BCUT2D eigenvalue weighted by Gasteiger charge is -2.23. The molecule has 0 saturated carbocycles. The van der Waals surface area contributed by atoms with Gasteiger partial charge >= 0.3 is 6.18 Å². The van der Waals surface area contributed by atoms with E-state index in [4.69, 9.17) is 4.74 Å². The Morgan fingerprint density at radius 2 is 2.10 bits per heavy atom. The summed E-state index contributed by atoms with van der Waals surface area (Å²) in [6.07, 6.45) is -1.98. The van der Waals surface area contributed by atoms with Crippen molar-refractivity contribution in [3.63, 3.8) is 0 Å². The van der Waals surface area contributed by atoms with Crippen LogP contribution in [0.15, 0.2) is 16.6 Å². The maximum Gasteiger partial charge on any atom is 0.417 e. The minimum atomic E-state index is -4.41. The SMILES string of the molecule is FC(F)(F)c1cc(Br)cc2c1c(I)nn2C1CCCCO1. The number of alkyl halides is 3. The van der Waals surface area contributed by atoms with Gasteiger partial charge in [0.2, 0.25) is 0 Å². The van der Waals surface area contributed by atoms with Crippen molar-refractivity contribution in [2.45, 2.75) is 31.7 Å². The van der Waals surface area contributed by atoms with Gasteiger partial charge in [0.25, 0.3) is 0 Å². The molecule has 114 valence electrons. The molecular weight excluding hydrogens is 464 g/mol. The Bertz CT molecular complexity index is 680. The third-order valence-electron chi connectivity index (χ3n) is 3.46. The summed E-state index contributed by atoms with van der Waals surface area (Å²) in [5.74, 6) is 0. The van der Waals surface area contributed by atoms with Gasteiger partial charge in [-0.25, -0.2) is 4.68 Å². The van der Waals surface area contributed by atoms with E-state index in [9.17, 15) is 13.2 Å². The molecule has 0 N–H and O–H groups in total. The van der Waals surface area contributed by atoms with Crippen molar-refractivity contribution in [1.29, 1.82) is 0 Å². The van der Waals surface area contributed by atoms with Crippen LogP contribution in [0.25, 0.3) is 10.9 Å². The van der Waals surface area contributed by atoms with Gasteiger partial charge in [-0.3, -0.25) is 0 Å². The van der Waals surface area contributed by atoms with Crippen molar-refractivity contribution in [3.05, 3.63) is 25.9 Å². The molecule has 1 aromatic carbocycles. The van der Waals surface area contributed by atoms with Crippen LogP contribution < -0.4 is 0 Å². The number of halogens is 5. The van der Waals surface area contributed by atoms with E-state index in [2.05, 4.69) is 21.0 Å². The zero-order valence-electron chi connectivity index (χ0n) is 10.8. The lowest BCUT2D eigenvalue weighted by molar-refractivity contribution is -0.136. The Hall–Kier alpha value is -0.350. The summed E-state index contributed by atoms with van der Waals surface area (Å²) in [4.78, 5) is 0. The van der Waals surface area contributed by atoms with Gasteiger partial charge in [0, 0.05) is 16.5 Å². The van der Waals surface area contributed by atoms with Gasteiger partial charge in [0.15, 0.2) is 6.23 Å². The van der Waals surface area contributed by atoms with E-state index in [1.807, 2.05) is 22.6 Å². The highest BCUT2D eigenvalue weighted by Crippen LogP contribution is 2.40. The molecule has 1 fully saturated rings. The van der Waals surface area contributed by atoms with E-state index in [-0.39, 0.29) is 11.6 Å². The summed E-state index contributed by atoms with van der Waals surface area (Å²) in [5, 5.41) is 4.43. The fraction of sp³-hybridized carbons (Fsp3) is 0.462. The number of hydrogen-bond donors (Lipinski definition) is 0. The highest BCUT2D eigenvalue weighted by atomic mass is 127. The van der Waals surface area contributed by atoms with Crippen LogP contribution in [0.1, 0.15) is 31.1 Å². The molecule has 21 heavy (non-hydrogen) atoms. The van der Waals surface area contributed by atoms with Gasteiger partial charge in [-0.15, -0.1) is 0 Å². The van der Waals surface area contributed by atoms with Gasteiger partial charge in [0.05, 0.1) is 11.1 Å². The van der Waals surface area contributed by atoms with E-state index in [1.54, 1.807) is 10.7 Å². The molecule has 1 unspecified atom stereocenters. The van der Waals surface area contributed by atoms with Crippen LogP contribution in [-0.2, 0) is 10.9 Å². The normalized spacial score (nSPS) is 20.1. The molecular formula is C13H11BrF3IN2O. The number of benzene rings is 1. The summed E-state index contributed by atoms with van der Waals surface area (Å²) < 4.78 is 47.7. The molecule has 0 bridgehead atoms. The monoisotopic (exact) mass is 474 g/mol. The van der Waals surface area contributed by atoms with Gasteiger partial charge in [-0.1, -0.05) is 15.9 Å². The first-order chi connectivity index (χ1) is 9.88. The van der Waals surface area contributed by atoms with E-state index in [1.165, 1.54) is 0 Å². The van der Waals surface area contributed by atoms with Crippen LogP contribution >= 0.6 is 38.5 Å². The topological polar surface area (TPSA) is 27.1 Å². The van der Waals surface area contributed by atoms with Crippen LogP contribution in [0, 0.1) is 3.70 Å². The van der Waals surface area contributed by atoms with Gasteiger partial charge in [-0.05, 0) is 54.0 Å². The maximum absolute atomic E-state index is 13.2. The first-order valence-corrected chi connectivity index (χ1v) is 8.31. The molecule has 2 heterocycles. The molecule has 0 aliphatic carbocycles. The molecule has 8 heteroatoms. The van der Waals surface area contributed by atoms with E-state index >= 15 is 0 Å². The number of fused-ring (bicyclic) bond motifs is 1. The van der Waals surface area contributed by atoms with Crippen molar-refractivity contribution < 1.29 is 17.9 Å². The molecule has 2 aromatic rings. The van der Waals surface area contributed by atoms with Crippen LogP contribution in [0.5, 0.6) is 0 Å². The number of aromatic nitrogens is 2. The van der Waals surface area contributed by atoms with Crippen molar-refractivity contribution in [1.82, 2.24) is 9.78 Å². The second kappa shape index (κ2) is 5.69. The molecule has 1 saturated heterocycles. The highest BCUT2D eigenvalue weighted by Gasteiger charge is 2.35. The Labute approximate surface area is 141 Å². The van der Waals surface area contributed by atoms with Gasteiger partial charge in [-0.2, -0.15) is 18.3 Å². The summed E-state index contributed by atoms with van der Waals surface area (Å²) in [6, 6.07) is 2.76. The molecule has 1 aromatic heterocycles. The molecule has 0 spiro atoms. The first-order valence-electron chi connectivity index (χ1n) is 6.44. The lowest BCUT2D eigenvalue weighted by Crippen LogP contribution is -2.19. The molecule has 0 amide bonds. The fourth-order valence-electron chi connectivity index (χ4n) is 2.55. The maximum atomic E-state index is 13.2. The van der Waals surface area contributed by atoms with Crippen LogP contribution in [0.2, 0.25) is 0 Å². The van der Waals surface area contributed by atoms with Crippen molar-refractivity contribution in [3.8, 4) is 0 Å². The smallest absolute Gasteiger partial charge is 0.356 e. The second-order valence-electron chi connectivity index (χ2n) is 4.90. The Balaban J connectivity index is 2.22. The quantitative estimate of drug-likeness (QED) is 0.536. The van der Waals surface area contributed by atoms with Crippen LogP contribution in [-0.4, -0.2) is 16.4 Å². The third kappa shape index (κ3) is 2.94. The first kappa shape index (κ1) is 15.5. The standard InChI is InChI=1S/C13H11BrF3IN2O/c14-7-5-8(13(15,16)17)11-9(6-7)20(19-12(11)18)10-3-1-2-4-21-10/h5-6,10H,1-4H2. The number of nitrogens with zero attached hydrogens (tertiary/aromatic N) is 2. The van der Waals surface area contributed by atoms with E-state index in [0.29, 0.717) is 20.3 Å². The van der Waals surface area contributed by atoms with Gasteiger partial charge < -0.3 is 4.74 Å². The van der Waals surface area contributed by atoms with Crippen molar-refractivity contribution in [2.75, 3.05) is 6.61 Å². The molecule has 1 aliphatic heterocycles. The average Bonchev–Trinajstić information content (AvgIpc) is 2.75. The number of ether oxygens (including phenoxy) is 1. The predicted molar refractivity (Wildman–Crippen MR) is 84.0 cm³/mol. The summed E-state index contributed by atoms with van der Waals surface area (Å²) in [5.41, 5.74) is -0.216. The minimum Gasteiger partial charge on any atom is -0.356 e. The Kier molecular flexibility index (Phi) is 4.21. The zero-order chi connectivity index (χ0) is 15.2. The number of rotatable bonds is 1. The second-order valence-corrected chi connectivity index (χ2v) is 6.84. The summed E-state index contributed by atoms with van der Waals surface area (Å²) >= 11 is 5.01. The fourth-order valence-corrected chi connectivity index (χ4v) is 3.79. The summed E-state index contributed by atoms with van der Waals surface area (Å²) in [7, 11) is 0. The zero-order valence-corrected chi connectivity index (χ0v) is 14.5. The Morgan fingerprint density at radius 1 is 1.33 bits per heavy atom. The molecule has 3 rings (SSSR count). The number of hydrogen-bond acceptors (Lipinski definition) is 2. The van der Waals surface area contributed by atoms with Crippen molar-refractivity contribution >= 4 is 49.4 Å². The average molecular weight is 475 g/mol. The van der Waals surface area contributed by atoms with Crippen LogP contribution in [0.3, 0.4) is 0 Å².